The molecular formula is C23H28N2O4S2. The van der Waals surface area contributed by atoms with Gasteiger partial charge in [0, 0.05) is 0 Å². The predicted molar refractivity (Wildman–Crippen MR) is 121 cm³/mol. The normalized spacial score (nSPS) is 12.3. The van der Waals surface area contributed by atoms with Gasteiger partial charge in [-0.3, -0.25) is 0 Å². The molecule has 0 amide bonds. The van der Waals surface area contributed by atoms with Crippen LogP contribution in [0.15, 0.2) is 63.2 Å². The summed E-state index contributed by atoms with van der Waals surface area (Å²) in [6, 6.07) is 13.0. The molecule has 0 unspecified atom stereocenters. The van der Waals surface area contributed by atoms with Gasteiger partial charge in [-0.15, -0.1) is 0 Å². The highest BCUT2D eigenvalue weighted by molar-refractivity contribution is 7.92. The van der Waals surface area contributed by atoms with Crippen molar-refractivity contribution in [2.24, 2.45) is 0 Å². The van der Waals surface area contributed by atoms with Crippen LogP contribution in [0.2, 0.25) is 0 Å². The van der Waals surface area contributed by atoms with Gasteiger partial charge in [0.1, 0.15) is 4.90 Å². The Hall–Kier alpha value is -2.45. The summed E-state index contributed by atoms with van der Waals surface area (Å²) in [6.07, 6.45) is 2.76. The van der Waals surface area contributed by atoms with Gasteiger partial charge in [-0.1, -0.05) is 55.2 Å². The topological polar surface area (TPSA) is 86.1 Å². The Balaban J connectivity index is 2.22. The Labute approximate surface area is 184 Å². The number of rotatable bonds is 8. The summed E-state index contributed by atoms with van der Waals surface area (Å²) < 4.78 is 54.7. The summed E-state index contributed by atoms with van der Waals surface area (Å²) in [5.41, 5.74) is 2.27. The second-order valence-electron chi connectivity index (χ2n) is 7.80. The van der Waals surface area contributed by atoms with Crippen LogP contribution in [0.3, 0.4) is 0 Å². The maximum absolute atomic E-state index is 13.5. The van der Waals surface area contributed by atoms with Crippen LogP contribution >= 0.6 is 0 Å². The molecule has 1 heterocycles. The molecule has 0 N–H and O–H groups in total. The Bertz CT molecular complexity index is 1270. The predicted octanol–water partition coefficient (Wildman–Crippen LogP) is 4.61. The van der Waals surface area contributed by atoms with Gasteiger partial charge >= 0.3 is 0 Å². The van der Waals surface area contributed by atoms with Crippen molar-refractivity contribution in [3.8, 4) is 0 Å². The smallest absolute Gasteiger partial charge is 0.218 e. The first-order valence-corrected chi connectivity index (χ1v) is 13.2. The molecule has 0 atom stereocenters. The number of benzene rings is 2. The molecule has 0 aliphatic heterocycles. The second kappa shape index (κ2) is 8.96. The molecular weight excluding hydrogens is 432 g/mol. The quantitative estimate of drug-likeness (QED) is 0.458. The summed E-state index contributed by atoms with van der Waals surface area (Å²) in [6.45, 7) is 7.34. The molecule has 6 nitrogen and oxygen atoms in total. The lowest BCUT2D eigenvalue weighted by Gasteiger charge is -2.11. The number of aromatic nitrogens is 2. The first kappa shape index (κ1) is 23.2. The van der Waals surface area contributed by atoms with E-state index in [1.807, 2.05) is 20.8 Å². The average molecular weight is 461 g/mol. The van der Waals surface area contributed by atoms with Gasteiger partial charge in [-0.05, 0) is 57.9 Å². The van der Waals surface area contributed by atoms with E-state index in [0.29, 0.717) is 12.8 Å². The summed E-state index contributed by atoms with van der Waals surface area (Å²) in [4.78, 5) is 0.199. The van der Waals surface area contributed by atoms with Crippen LogP contribution in [0.4, 0.5) is 0 Å². The largest absolute Gasteiger partial charge is 0.283 e. The molecule has 1 aromatic heterocycles. The number of hydrogen-bond acceptors (Lipinski definition) is 5. The van der Waals surface area contributed by atoms with E-state index in [-0.39, 0.29) is 26.1 Å². The molecule has 0 bridgehead atoms. The zero-order valence-electron chi connectivity index (χ0n) is 18.3. The zero-order chi connectivity index (χ0) is 22.8. The highest BCUT2D eigenvalue weighted by atomic mass is 32.2. The lowest BCUT2D eigenvalue weighted by molar-refractivity contribution is 0.572. The highest BCUT2D eigenvalue weighted by Crippen LogP contribution is 2.31. The van der Waals surface area contributed by atoms with Crippen molar-refractivity contribution in [2.45, 2.75) is 68.1 Å². The van der Waals surface area contributed by atoms with E-state index < -0.39 is 19.9 Å². The van der Waals surface area contributed by atoms with Gasteiger partial charge < -0.3 is 0 Å². The maximum atomic E-state index is 13.5. The fourth-order valence-corrected chi connectivity index (χ4v) is 6.58. The molecule has 0 saturated heterocycles. The summed E-state index contributed by atoms with van der Waals surface area (Å²) >= 11 is 0. The van der Waals surface area contributed by atoms with Crippen LogP contribution in [0, 0.1) is 20.8 Å². The number of unbranched alkanes of at least 4 members (excludes halogenated alkanes) is 2. The first-order chi connectivity index (χ1) is 14.6. The Morgan fingerprint density at radius 1 is 0.774 bits per heavy atom. The molecule has 31 heavy (non-hydrogen) atoms. The fourth-order valence-electron chi connectivity index (χ4n) is 3.48. The summed E-state index contributed by atoms with van der Waals surface area (Å²) in [5.74, 6) is 0. The van der Waals surface area contributed by atoms with Gasteiger partial charge in [-0.2, -0.15) is 17.6 Å². The monoisotopic (exact) mass is 460 g/mol. The van der Waals surface area contributed by atoms with E-state index in [9.17, 15) is 16.8 Å². The van der Waals surface area contributed by atoms with Crippen molar-refractivity contribution in [2.75, 3.05) is 0 Å². The Kier molecular flexibility index (Phi) is 6.71. The van der Waals surface area contributed by atoms with Gasteiger partial charge in [0.25, 0.3) is 10.0 Å². The lowest BCUT2D eigenvalue weighted by Crippen LogP contribution is -2.18. The number of aryl methyl sites for hydroxylation is 3. The van der Waals surface area contributed by atoms with E-state index in [2.05, 4.69) is 5.10 Å². The zero-order valence-corrected chi connectivity index (χ0v) is 19.9. The molecule has 2 aromatic carbocycles. The van der Waals surface area contributed by atoms with E-state index in [4.69, 9.17) is 0 Å². The minimum atomic E-state index is -4.03. The van der Waals surface area contributed by atoms with Crippen molar-refractivity contribution in [3.05, 3.63) is 71.0 Å². The van der Waals surface area contributed by atoms with Crippen molar-refractivity contribution >= 4 is 19.9 Å². The van der Waals surface area contributed by atoms with Gasteiger partial charge in [0.2, 0.25) is 9.84 Å². The molecule has 3 rings (SSSR count). The molecule has 0 spiro atoms. The molecule has 3 aromatic rings. The summed E-state index contributed by atoms with van der Waals surface area (Å²) in [5, 5.41) is 4.22. The SMILES string of the molecule is CCCCCc1c(S(=O)(=O)c2ccc(C)cc2)c(C)nn1S(=O)(=O)c1ccc(C)cc1. The molecule has 8 heteroatoms. The number of nitrogens with zero attached hydrogens (tertiary/aromatic N) is 2. The Morgan fingerprint density at radius 3 is 1.81 bits per heavy atom. The second-order valence-corrected chi connectivity index (χ2v) is 11.4. The molecule has 0 aliphatic rings. The van der Waals surface area contributed by atoms with E-state index in [1.165, 1.54) is 12.1 Å². The van der Waals surface area contributed by atoms with Gasteiger partial charge in [0.05, 0.1) is 21.2 Å². The fraction of sp³-hybridized carbons (Fsp3) is 0.348. The maximum Gasteiger partial charge on any atom is 0.283 e. The number of hydrogen-bond donors (Lipinski definition) is 0. The minimum Gasteiger partial charge on any atom is -0.218 e. The standard InChI is InChI=1S/C23H28N2O4S2/c1-5-6-7-8-22-23(30(26,27)20-13-9-17(2)10-14-20)19(4)24-25(22)31(28,29)21-15-11-18(3)12-16-21/h9-16H,5-8H2,1-4H3. The van der Waals surface area contributed by atoms with Crippen LogP contribution in [-0.2, 0) is 26.3 Å². The van der Waals surface area contributed by atoms with Gasteiger partial charge in [0.15, 0.2) is 0 Å². The van der Waals surface area contributed by atoms with Crippen LogP contribution < -0.4 is 0 Å². The van der Waals surface area contributed by atoms with Crippen molar-refractivity contribution < 1.29 is 16.8 Å². The molecule has 0 aliphatic carbocycles. The van der Waals surface area contributed by atoms with Crippen molar-refractivity contribution in [1.29, 1.82) is 0 Å². The third kappa shape index (κ3) is 4.60. The van der Waals surface area contributed by atoms with Crippen molar-refractivity contribution in [3.63, 3.8) is 0 Å². The number of sulfone groups is 1. The first-order valence-electron chi connectivity index (χ1n) is 10.3. The van der Waals surface area contributed by atoms with Gasteiger partial charge in [-0.25, -0.2) is 8.42 Å². The van der Waals surface area contributed by atoms with Crippen LogP contribution in [0.25, 0.3) is 0 Å². The highest BCUT2D eigenvalue weighted by Gasteiger charge is 2.32. The Morgan fingerprint density at radius 2 is 1.29 bits per heavy atom. The molecule has 0 radical (unpaired) electrons. The third-order valence-corrected chi connectivity index (χ3v) is 8.81. The third-order valence-electron chi connectivity index (χ3n) is 5.23. The van der Waals surface area contributed by atoms with Crippen LogP contribution in [0.1, 0.15) is 48.7 Å². The molecule has 0 saturated carbocycles. The van der Waals surface area contributed by atoms with Crippen LogP contribution in [0.5, 0.6) is 0 Å². The van der Waals surface area contributed by atoms with E-state index in [0.717, 1.165) is 28.1 Å². The summed E-state index contributed by atoms with van der Waals surface area (Å²) in [7, 11) is -7.96. The lowest BCUT2D eigenvalue weighted by atomic mass is 10.1. The molecule has 166 valence electrons. The molecule has 0 fully saturated rings. The van der Waals surface area contributed by atoms with E-state index >= 15 is 0 Å². The van der Waals surface area contributed by atoms with E-state index in [1.54, 1.807) is 43.3 Å². The average Bonchev–Trinajstić information content (AvgIpc) is 3.06. The van der Waals surface area contributed by atoms with Crippen LogP contribution in [-0.4, -0.2) is 26.0 Å². The minimum absolute atomic E-state index is 0.0110. The van der Waals surface area contributed by atoms with Crippen molar-refractivity contribution in [1.82, 2.24) is 9.19 Å².